The van der Waals surface area contributed by atoms with Crippen LogP contribution >= 0.6 is 43.5 Å². The van der Waals surface area contributed by atoms with Crippen molar-refractivity contribution in [2.75, 3.05) is 11.9 Å². The summed E-state index contributed by atoms with van der Waals surface area (Å²) in [6.45, 7) is 4.43. The fraction of sp³-hybridized carbons (Fsp3) is 0.111. The van der Waals surface area contributed by atoms with Gasteiger partial charge in [0.25, 0.3) is 0 Å². The zero-order valence-corrected chi connectivity index (χ0v) is 10.7. The highest BCUT2D eigenvalue weighted by molar-refractivity contribution is 9.11. The second-order valence-electron chi connectivity index (χ2n) is 2.50. The molecule has 0 aliphatic carbocycles. The standard InChI is InChI=1S/C9H8Br2ClN/c1-6(10)5-13-7-2-3-9(12)8(11)4-7/h2-4,13H,1,5H2. The van der Waals surface area contributed by atoms with Gasteiger partial charge >= 0.3 is 0 Å². The minimum Gasteiger partial charge on any atom is -0.380 e. The van der Waals surface area contributed by atoms with Gasteiger partial charge in [-0.25, -0.2) is 0 Å². The van der Waals surface area contributed by atoms with Crippen LogP contribution in [0.2, 0.25) is 5.02 Å². The minimum absolute atomic E-state index is 0.702. The summed E-state index contributed by atoms with van der Waals surface area (Å²) < 4.78 is 1.80. The number of nitrogens with one attached hydrogen (secondary N) is 1. The number of benzene rings is 1. The molecule has 1 N–H and O–H groups in total. The number of rotatable bonds is 3. The summed E-state index contributed by atoms with van der Waals surface area (Å²) in [5.74, 6) is 0. The Kier molecular flexibility index (Phi) is 4.29. The minimum atomic E-state index is 0.702. The van der Waals surface area contributed by atoms with Gasteiger partial charge in [-0.15, -0.1) is 0 Å². The number of hydrogen-bond donors (Lipinski definition) is 1. The first-order valence-electron chi connectivity index (χ1n) is 3.62. The van der Waals surface area contributed by atoms with Crippen molar-refractivity contribution in [3.05, 3.63) is 38.8 Å². The number of anilines is 1. The maximum absolute atomic E-state index is 5.84. The van der Waals surface area contributed by atoms with Crippen LogP contribution in [-0.4, -0.2) is 6.54 Å². The van der Waals surface area contributed by atoms with Crippen molar-refractivity contribution in [3.8, 4) is 0 Å². The summed E-state index contributed by atoms with van der Waals surface area (Å²) >= 11 is 12.5. The molecule has 70 valence electrons. The molecule has 0 atom stereocenters. The molecule has 1 rings (SSSR count). The monoisotopic (exact) mass is 323 g/mol. The van der Waals surface area contributed by atoms with Crippen molar-refractivity contribution in [3.63, 3.8) is 0 Å². The second kappa shape index (κ2) is 5.03. The van der Waals surface area contributed by atoms with Crippen LogP contribution in [0, 0.1) is 0 Å². The highest BCUT2D eigenvalue weighted by Gasteiger charge is 1.98. The summed E-state index contributed by atoms with van der Waals surface area (Å²) in [5.41, 5.74) is 1.01. The Bertz CT molecular complexity index is 325. The number of halogens is 3. The Morgan fingerprint density at radius 3 is 2.77 bits per heavy atom. The van der Waals surface area contributed by atoms with Crippen LogP contribution < -0.4 is 5.32 Å². The van der Waals surface area contributed by atoms with E-state index < -0.39 is 0 Å². The van der Waals surface area contributed by atoms with E-state index in [0.29, 0.717) is 11.6 Å². The molecule has 0 amide bonds. The van der Waals surface area contributed by atoms with Gasteiger partial charge < -0.3 is 5.32 Å². The Hall–Kier alpha value is 0.01000. The lowest BCUT2D eigenvalue weighted by Crippen LogP contribution is -1.99. The third-order valence-electron chi connectivity index (χ3n) is 1.40. The fourth-order valence-corrected chi connectivity index (χ4v) is 1.44. The topological polar surface area (TPSA) is 12.0 Å². The third-order valence-corrected chi connectivity index (χ3v) is 2.90. The molecule has 1 aromatic rings. The van der Waals surface area contributed by atoms with E-state index in [1.165, 1.54) is 0 Å². The fourth-order valence-electron chi connectivity index (χ4n) is 0.804. The molecule has 0 spiro atoms. The molecule has 0 heterocycles. The van der Waals surface area contributed by atoms with E-state index in [-0.39, 0.29) is 0 Å². The SMILES string of the molecule is C=C(Br)CNc1ccc(Cl)c(Br)c1. The predicted octanol–water partition coefficient (Wildman–Crippen LogP) is 4.42. The Labute approximate surface area is 99.4 Å². The molecule has 1 aromatic carbocycles. The van der Waals surface area contributed by atoms with Crippen LogP contribution in [0.25, 0.3) is 0 Å². The molecule has 0 saturated heterocycles. The van der Waals surface area contributed by atoms with Gasteiger partial charge in [-0.1, -0.05) is 34.1 Å². The first kappa shape index (κ1) is 11.1. The maximum Gasteiger partial charge on any atom is 0.0549 e. The molecule has 0 aliphatic heterocycles. The van der Waals surface area contributed by atoms with Gasteiger partial charge in [-0.3, -0.25) is 0 Å². The maximum atomic E-state index is 5.84. The average molecular weight is 325 g/mol. The quantitative estimate of drug-likeness (QED) is 0.867. The van der Waals surface area contributed by atoms with Crippen molar-refractivity contribution in [1.82, 2.24) is 0 Å². The highest BCUT2D eigenvalue weighted by Crippen LogP contribution is 2.25. The molecule has 13 heavy (non-hydrogen) atoms. The van der Waals surface area contributed by atoms with Crippen LogP contribution in [0.4, 0.5) is 5.69 Å². The molecular weight excluding hydrogens is 317 g/mol. The summed E-state index contributed by atoms with van der Waals surface area (Å²) in [6, 6.07) is 5.69. The summed E-state index contributed by atoms with van der Waals surface area (Å²) in [6.07, 6.45) is 0. The second-order valence-corrected chi connectivity index (χ2v) is 4.88. The van der Waals surface area contributed by atoms with Gasteiger partial charge in [0.05, 0.1) is 5.02 Å². The Balaban J connectivity index is 2.68. The van der Waals surface area contributed by atoms with E-state index in [0.717, 1.165) is 14.6 Å². The zero-order valence-electron chi connectivity index (χ0n) is 6.78. The van der Waals surface area contributed by atoms with Crippen LogP contribution in [0.15, 0.2) is 33.7 Å². The first-order chi connectivity index (χ1) is 6.09. The molecule has 1 nitrogen and oxygen atoms in total. The molecule has 4 heteroatoms. The lowest BCUT2D eigenvalue weighted by molar-refractivity contribution is 1.32. The van der Waals surface area contributed by atoms with Crippen molar-refractivity contribution >= 4 is 49.1 Å². The van der Waals surface area contributed by atoms with Gasteiger partial charge in [0.1, 0.15) is 0 Å². The Morgan fingerprint density at radius 2 is 2.23 bits per heavy atom. The van der Waals surface area contributed by atoms with Crippen molar-refractivity contribution in [1.29, 1.82) is 0 Å². The summed E-state index contributed by atoms with van der Waals surface area (Å²) in [7, 11) is 0. The molecule has 0 fully saturated rings. The first-order valence-corrected chi connectivity index (χ1v) is 5.58. The summed E-state index contributed by atoms with van der Waals surface area (Å²) in [5, 5.41) is 3.89. The highest BCUT2D eigenvalue weighted by atomic mass is 79.9. The largest absolute Gasteiger partial charge is 0.380 e. The van der Waals surface area contributed by atoms with Crippen molar-refractivity contribution < 1.29 is 0 Å². The average Bonchev–Trinajstić information content (AvgIpc) is 2.07. The predicted molar refractivity (Wildman–Crippen MR) is 65.7 cm³/mol. The van der Waals surface area contributed by atoms with E-state index >= 15 is 0 Å². The van der Waals surface area contributed by atoms with E-state index in [2.05, 4.69) is 43.8 Å². The number of hydrogen-bond acceptors (Lipinski definition) is 1. The van der Waals surface area contributed by atoms with Crippen LogP contribution in [0.3, 0.4) is 0 Å². The van der Waals surface area contributed by atoms with Gasteiger partial charge in [0, 0.05) is 21.2 Å². The molecule has 0 aliphatic rings. The normalized spacial score (nSPS) is 9.77. The van der Waals surface area contributed by atoms with Crippen LogP contribution in [-0.2, 0) is 0 Å². The summed E-state index contributed by atoms with van der Waals surface area (Å²) in [4.78, 5) is 0. The molecule has 0 radical (unpaired) electrons. The molecule has 0 unspecified atom stereocenters. The smallest absolute Gasteiger partial charge is 0.0549 e. The van der Waals surface area contributed by atoms with Gasteiger partial charge in [-0.2, -0.15) is 0 Å². The van der Waals surface area contributed by atoms with Gasteiger partial charge in [-0.05, 0) is 34.1 Å². The van der Waals surface area contributed by atoms with Gasteiger partial charge in [0.2, 0.25) is 0 Å². The lowest BCUT2D eigenvalue weighted by Gasteiger charge is -2.05. The Morgan fingerprint density at radius 1 is 1.54 bits per heavy atom. The molecule has 0 saturated carbocycles. The zero-order chi connectivity index (χ0) is 9.84. The van der Waals surface area contributed by atoms with E-state index in [4.69, 9.17) is 11.6 Å². The van der Waals surface area contributed by atoms with E-state index in [9.17, 15) is 0 Å². The lowest BCUT2D eigenvalue weighted by atomic mass is 10.3. The van der Waals surface area contributed by atoms with E-state index in [1.807, 2.05) is 18.2 Å². The molecular formula is C9H8Br2ClN. The molecule has 0 bridgehead atoms. The van der Waals surface area contributed by atoms with Crippen molar-refractivity contribution in [2.24, 2.45) is 0 Å². The van der Waals surface area contributed by atoms with Gasteiger partial charge in [0.15, 0.2) is 0 Å². The van der Waals surface area contributed by atoms with Crippen molar-refractivity contribution in [2.45, 2.75) is 0 Å². The molecule has 0 aromatic heterocycles. The van der Waals surface area contributed by atoms with Crippen LogP contribution in [0.5, 0.6) is 0 Å². The van der Waals surface area contributed by atoms with Crippen LogP contribution in [0.1, 0.15) is 0 Å². The van der Waals surface area contributed by atoms with E-state index in [1.54, 1.807) is 0 Å². The third kappa shape index (κ3) is 3.71.